The van der Waals surface area contributed by atoms with Crippen molar-refractivity contribution in [2.75, 3.05) is 25.4 Å². The van der Waals surface area contributed by atoms with Crippen molar-refractivity contribution < 1.29 is 4.74 Å². The number of aromatic nitrogens is 1. The van der Waals surface area contributed by atoms with Gasteiger partial charge >= 0.3 is 0 Å². The highest BCUT2D eigenvalue weighted by Crippen LogP contribution is 2.08. The van der Waals surface area contributed by atoms with Gasteiger partial charge in [-0.3, -0.25) is 0 Å². The second kappa shape index (κ2) is 7.06. The molecule has 0 aliphatic heterocycles. The van der Waals surface area contributed by atoms with Crippen LogP contribution >= 0.6 is 0 Å². The van der Waals surface area contributed by atoms with Gasteiger partial charge in [-0.1, -0.05) is 13.0 Å². The second-order valence-electron chi connectivity index (χ2n) is 3.35. The number of nitrogen functional groups attached to an aromatic ring is 1. The Kier molecular flexibility index (Phi) is 5.55. The molecule has 84 valence electrons. The minimum atomic E-state index is 0.497. The molecule has 15 heavy (non-hydrogen) atoms. The third-order valence-electron chi connectivity index (χ3n) is 1.92. The van der Waals surface area contributed by atoms with Gasteiger partial charge < -0.3 is 15.8 Å². The quantitative estimate of drug-likeness (QED) is 0.667. The molecule has 0 atom stereocenters. The maximum atomic E-state index is 5.53. The minimum Gasteiger partial charge on any atom is -0.478 e. The Bertz CT molecular complexity index is 278. The first-order valence-corrected chi connectivity index (χ1v) is 5.39. The molecule has 0 amide bonds. The van der Waals surface area contributed by atoms with E-state index >= 15 is 0 Å². The van der Waals surface area contributed by atoms with E-state index in [1.807, 2.05) is 12.1 Å². The van der Waals surface area contributed by atoms with Gasteiger partial charge in [-0.05, 0) is 32.0 Å². The summed E-state index contributed by atoms with van der Waals surface area (Å²) < 4.78 is 5.44. The Hall–Kier alpha value is -1.29. The van der Waals surface area contributed by atoms with Gasteiger partial charge in [-0.2, -0.15) is 4.98 Å². The summed E-state index contributed by atoms with van der Waals surface area (Å²) in [6.07, 6.45) is 2.15. The number of nitrogens with zero attached hydrogens (tertiary/aromatic N) is 1. The van der Waals surface area contributed by atoms with Gasteiger partial charge in [0.25, 0.3) is 0 Å². The summed E-state index contributed by atoms with van der Waals surface area (Å²) in [6.45, 7) is 4.88. The Labute approximate surface area is 90.8 Å². The van der Waals surface area contributed by atoms with Crippen LogP contribution in [0.4, 0.5) is 5.82 Å². The van der Waals surface area contributed by atoms with Crippen molar-refractivity contribution in [1.82, 2.24) is 10.3 Å². The molecule has 0 spiro atoms. The molecule has 1 rings (SSSR count). The summed E-state index contributed by atoms with van der Waals surface area (Å²) in [5, 5.41) is 3.31. The molecule has 0 unspecified atom stereocenters. The predicted molar refractivity (Wildman–Crippen MR) is 61.9 cm³/mol. The topological polar surface area (TPSA) is 60.2 Å². The van der Waals surface area contributed by atoms with Gasteiger partial charge in [-0.25, -0.2) is 0 Å². The number of hydrogen-bond acceptors (Lipinski definition) is 4. The summed E-state index contributed by atoms with van der Waals surface area (Å²) in [5.41, 5.74) is 5.53. The summed E-state index contributed by atoms with van der Waals surface area (Å²) >= 11 is 0. The highest BCUT2D eigenvalue weighted by atomic mass is 16.5. The highest BCUT2D eigenvalue weighted by Gasteiger charge is 1.95. The number of nitrogens with one attached hydrogen (secondary N) is 1. The third kappa shape index (κ3) is 5.22. The standard InChI is InChI=1S/C11H19N3O/c1-2-7-13-8-4-9-15-11-6-3-5-10(12)14-11/h3,5-6,13H,2,4,7-9H2,1H3,(H2,12,14). The molecule has 1 aromatic heterocycles. The number of ether oxygens (including phenoxy) is 1. The van der Waals surface area contributed by atoms with Crippen molar-refractivity contribution in [1.29, 1.82) is 0 Å². The number of anilines is 1. The van der Waals surface area contributed by atoms with Crippen LogP contribution in [-0.2, 0) is 0 Å². The molecular weight excluding hydrogens is 190 g/mol. The van der Waals surface area contributed by atoms with Gasteiger partial charge in [0, 0.05) is 6.07 Å². The van der Waals surface area contributed by atoms with Gasteiger partial charge in [0.1, 0.15) is 5.82 Å². The van der Waals surface area contributed by atoms with Crippen molar-refractivity contribution in [2.24, 2.45) is 0 Å². The van der Waals surface area contributed by atoms with Gasteiger partial charge in [0.2, 0.25) is 5.88 Å². The molecule has 0 radical (unpaired) electrons. The molecule has 0 saturated carbocycles. The maximum absolute atomic E-state index is 5.53. The Morgan fingerprint density at radius 2 is 2.27 bits per heavy atom. The number of rotatable bonds is 7. The average Bonchev–Trinajstić information content (AvgIpc) is 2.23. The normalized spacial score (nSPS) is 10.2. The fourth-order valence-electron chi connectivity index (χ4n) is 1.19. The molecule has 4 nitrogen and oxygen atoms in total. The molecule has 0 fully saturated rings. The van der Waals surface area contributed by atoms with Crippen LogP contribution in [0.15, 0.2) is 18.2 Å². The summed E-state index contributed by atoms with van der Waals surface area (Å²) in [5.74, 6) is 1.10. The molecule has 0 aliphatic carbocycles. The van der Waals surface area contributed by atoms with Crippen LogP contribution < -0.4 is 15.8 Å². The molecule has 0 bridgehead atoms. The van der Waals surface area contributed by atoms with Crippen molar-refractivity contribution >= 4 is 5.82 Å². The summed E-state index contributed by atoms with van der Waals surface area (Å²) in [6, 6.07) is 5.40. The van der Waals surface area contributed by atoms with Crippen molar-refractivity contribution in [3.8, 4) is 5.88 Å². The third-order valence-corrected chi connectivity index (χ3v) is 1.92. The number of pyridine rings is 1. The molecule has 3 N–H and O–H groups in total. The molecule has 4 heteroatoms. The van der Waals surface area contributed by atoms with E-state index in [2.05, 4.69) is 17.2 Å². The minimum absolute atomic E-state index is 0.497. The smallest absolute Gasteiger partial charge is 0.215 e. The van der Waals surface area contributed by atoms with Crippen LogP contribution in [0.5, 0.6) is 5.88 Å². The van der Waals surface area contributed by atoms with E-state index in [4.69, 9.17) is 10.5 Å². The second-order valence-corrected chi connectivity index (χ2v) is 3.35. The molecule has 0 aliphatic rings. The zero-order chi connectivity index (χ0) is 10.9. The summed E-state index contributed by atoms with van der Waals surface area (Å²) in [7, 11) is 0. The zero-order valence-electron chi connectivity index (χ0n) is 9.20. The fourth-order valence-corrected chi connectivity index (χ4v) is 1.19. The molecule has 1 aromatic rings. The first kappa shape index (κ1) is 11.8. The Morgan fingerprint density at radius 3 is 3.00 bits per heavy atom. The van der Waals surface area contributed by atoms with Crippen molar-refractivity contribution in [3.63, 3.8) is 0 Å². The van der Waals surface area contributed by atoms with Gasteiger partial charge in [0.15, 0.2) is 0 Å². The van der Waals surface area contributed by atoms with E-state index in [-0.39, 0.29) is 0 Å². The largest absolute Gasteiger partial charge is 0.478 e. The fraction of sp³-hybridized carbons (Fsp3) is 0.545. The first-order chi connectivity index (χ1) is 7.33. The molecule has 0 saturated heterocycles. The van der Waals surface area contributed by atoms with Gasteiger partial charge in [0.05, 0.1) is 6.61 Å². The van der Waals surface area contributed by atoms with Crippen LogP contribution in [0.1, 0.15) is 19.8 Å². The Balaban J connectivity index is 2.10. The van der Waals surface area contributed by atoms with Crippen LogP contribution in [0.3, 0.4) is 0 Å². The van der Waals surface area contributed by atoms with E-state index in [1.54, 1.807) is 6.07 Å². The number of hydrogen-bond donors (Lipinski definition) is 2. The van der Waals surface area contributed by atoms with E-state index < -0.39 is 0 Å². The van der Waals surface area contributed by atoms with Crippen LogP contribution in [-0.4, -0.2) is 24.7 Å². The predicted octanol–water partition coefficient (Wildman–Crippen LogP) is 1.43. The highest BCUT2D eigenvalue weighted by molar-refractivity contribution is 5.30. The van der Waals surface area contributed by atoms with Gasteiger partial charge in [-0.15, -0.1) is 0 Å². The van der Waals surface area contributed by atoms with E-state index in [0.29, 0.717) is 18.3 Å². The lowest BCUT2D eigenvalue weighted by atomic mass is 10.4. The van der Waals surface area contributed by atoms with E-state index in [1.165, 1.54) is 0 Å². The zero-order valence-corrected chi connectivity index (χ0v) is 9.20. The SMILES string of the molecule is CCCNCCCOc1cccc(N)n1. The van der Waals surface area contributed by atoms with E-state index in [0.717, 1.165) is 25.9 Å². The monoisotopic (exact) mass is 209 g/mol. The van der Waals surface area contributed by atoms with Crippen LogP contribution in [0.2, 0.25) is 0 Å². The molecular formula is C11H19N3O. The lowest BCUT2D eigenvalue weighted by Crippen LogP contribution is -2.18. The van der Waals surface area contributed by atoms with Crippen LogP contribution in [0, 0.1) is 0 Å². The number of nitrogens with two attached hydrogens (primary N) is 1. The first-order valence-electron chi connectivity index (χ1n) is 5.39. The molecule has 0 aromatic carbocycles. The lowest BCUT2D eigenvalue weighted by Gasteiger charge is -2.06. The van der Waals surface area contributed by atoms with Crippen LogP contribution in [0.25, 0.3) is 0 Å². The van der Waals surface area contributed by atoms with Crippen molar-refractivity contribution in [2.45, 2.75) is 19.8 Å². The van der Waals surface area contributed by atoms with E-state index in [9.17, 15) is 0 Å². The average molecular weight is 209 g/mol. The summed E-state index contributed by atoms with van der Waals surface area (Å²) in [4.78, 5) is 4.04. The lowest BCUT2D eigenvalue weighted by molar-refractivity contribution is 0.297. The van der Waals surface area contributed by atoms with Crippen molar-refractivity contribution in [3.05, 3.63) is 18.2 Å². The maximum Gasteiger partial charge on any atom is 0.215 e. The Morgan fingerprint density at radius 1 is 1.40 bits per heavy atom. The molecule has 1 heterocycles.